The zero-order valence-electron chi connectivity index (χ0n) is 12.1. The summed E-state index contributed by atoms with van der Waals surface area (Å²) in [4.78, 5) is 14.5. The van der Waals surface area contributed by atoms with E-state index in [1.807, 2.05) is 31.3 Å². The molecule has 102 valence electrons. The number of likely N-dealkylation sites (N-methyl/N-ethyl adjacent to an activating group) is 1. The number of nitrogens with zero attached hydrogens (tertiary/aromatic N) is 1. The summed E-state index contributed by atoms with van der Waals surface area (Å²) in [6.07, 6.45) is 2.48. The summed E-state index contributed by atoms with van der Waals surface area (Å²) in [6, 6.07) is 5.84. The summed E-state index contributed by atoms with van der Waals surface area (Å²) in [7, 11) is 3.48. The number of rotatable bonds is 4. The van der Waals surface area contributed by atoms with Gasteiger partial charge in [0.15, 0.2) is 0 Å². The van der Waals surface area contributed by atoms with Crippen LogP contribution in [0.4, 0.5) is 5.69 Å². The van der Waals surface area contributed by atoms with E-state index >= 15 is 0 Å². The number of anilines is 1. The smallest absolute Gasteiger partial charge is 0.238 e. The monoisotopic (exact) mass is 259 g/mol. The van der Waals surface area contributed by atoms with Crippen LogP contribution in [0.15, 0.2) is 30.9 Å². The van der Waals surface area contributed by atoms with Crippen molar-refractivity contribution >= 4 is 11.6 Å². The maximum absolute atomic E-state index is 12.8. The van der Waals surface area contributed by atoms with Crippen molar-refractivity contribution in [1.29, 1.82) is 0 Å². The first-order valence-corrected chi connectivity index (χ1v) is 6.56. The van der Waals surface area contributed by atoms with E-state index in [1.54, 1.807) is 12.0 Å². The Labute approximate surface area is 114 Å². The third-order valence-electron chi connectivity index (χ3n) is 4.18. The van der Waals surface area contributed by atoms with Crippen molar-refractivity contribution in [3.05, 3.63) is 36.4 Å². The Bertz CT molecular complexity index is 521. The van der Waals surface area contributed by atoms with Gasteiger partial charge < -0.3 is 9.64 Å². The Morgan fingerprint density at radius 2 is 2.16 bits per heavy atom. The Balaban J connectivity index is 2.70. The molecule has 0 spiro atoms. The minimum atomic E-state index is -0.514. The number of carbonyl (C=O) groups excluding carboxylic acids is 1. The van der Waals surface area contributed by atoms with E-state index in [0.717, 1.165) is 17.0 Å². The maximum atomic E-state index is 12.8. The van der Waals surface area contributed by atoms with Crippen LogP contribution in [0.1, 0.15) is 25.8 Å². The van der Waals surface area contributed by atoms with E-state index in [4.69, 9.17) is 4.74 Å². The summed E-state index contributed by atoms with van der Waals surface area (Å²) >= 11 is 0. The van der Waals surface area contributed by atoms with Crippen LogP contribution in [0.5, 0.6) is 5.75 Å². The van der Waals surface area contributed by atoms with E-state index in [-0.39, 0.29) is 11.8 Å². The van der Waals surface area contributed by atoms with Crippen LogP contribution in [0.2, 0.25) is 0 Å². The molecule has 1 atom stereocenters. The van der Waals surface area contributed by atoms with Gasteiger partial charge in [0.05, 0.1) is 12.5 Å². The number of carbonyl (C=O) groups is 1. The molecule has 0 saturated carbocycles. The number of hydrogen-bond donors (Lipinski definition) is 0. The molecule has 1 aromatic rings. The van der Waals surface area contributed by atoms with Crippen LogP contribution < -0.4 is 9.64 Å². The Kier molecular flexibility index (Phi) is 3.40. The lowest BCUT2D eigenvalue weighted by Gasteiger charge is -2.31. The minimum Gasteiger partial charge on any atom is -0.497 e. The first kappa shape index (κ1) is 13.7. The predicted octanol–water partition coefficient (Wildman–Crippen LogP) is 3.14. The van der Waals surface area contributed by atoms with E-state index in [9.17, 15) is 4.79 Å². The summed E-state index contributed by atoms with van der Waals surface area (Å²) in [6.45, 7) is 8.00. The first-order chi connectivity index (χ1) is 8.98. The van der Waals surface area contributed by atoms with Crippen molar-refractivity contribution in [1.82, 2.24) is 0 Å². The van der Waals surface area contributed by atoms with E-state index in [1.165, 1.54) is 0 Å². The molecule has 1 aliphatic rings. The molecule has 1 aliphatic heterocycles. The van der Waals surface area contributed by atoms with Crippen LogP contribution in [0.3, 0.4) is 0 Å². The van der Waals surface area contributed by atoms with Crippen molar-refractivity contribution in [2.24, 2.45) is 5.92 Å². The molecule has 19 heavy (non-hydrogen) atoms. The second-order valence-corrected chi connectivity index (χ2v) is 5.37. The number of fused-ring (bicyclic) bond motifs is 1. The van der Waals surface area contributed by atoms with E-state index in [2.05, 4.69) is 20.4 Å². The highest BCUT2D eigenvalue weighted by Gasteiger charge is 2.50. The lowest BCUT2D eigenvalue weighted by atomic mass is 9.70. The third kappa shape index (κ3) is 1.76. The molecule has 0 radical (unpaired) electrons. The van der Waals surface area contributed by atoms with Gasteiger partial charge in [0.2, 0.25) is 5.91 Å². The van der Waals surface area contributed by atoms with Crippen LogP contribution in [-0.4, -0.2) is 20.1 Å². The molecule has 0 saturated heterocycles. The molecule has 0 aromatic heterocycles. The second kappa shape index (κ2) is 4.72. The molecule has 0 unspecified atom stereocenters. The highest BCUT2D eigenvalue weighted by atomic mass is 16.5. The van der Waals surface area contributed by atoms with E-state index in [0.29, 0.717) is 6.42 Å². The van der Waals surface area contributed by atoms with Gasteiger partial charge in [-0.25, -0.2) is 0 Å². The zero-order valence-corrected chi connectivity index (χ0v) is 12.1. The summed E-state index contributed by atoms with van der Waals surface area (Å²) in [5, 5.41) is 0. The summed E-state index contributed by atoms with van der Waals surface area (Å²) in [5.41, 5.74) is 1.51. The lowest BCUT2D eigenvalue weighted by molar-refractivity contribution is -0.124. The number of hydrogen-bond acceptors (Lipinski definition) is 2. The van der Waals surface area contributed by atoms with E-state index < -0.39 is 5.41 Å². The number of ether oxygens (including phenoxy) is 1. The van der Waals surface area contributed by atoms with Gasteiger partial charge in [-0.2, -0.15) is 0 Å². The average Bonchev–Trinajstić information content (AvgIpc) is 2.61. The molecular formula is C16H21NO2. The largest absolute Gasteiger partial charge is 0.497 e. The van der Waals surface area contributed by atoms with Gasteiger partial charge in [-0.15, -0.1) is 6.58 Å². The molecule has 3 heteroatoms. The van der Waals surface area contributed by atoms with Gasteiger partial charge in [-0.1, -0.05) is 19.9 Å². The zero-order chi connectivity index (χ0) is 14.2. The maximum Gasteiger partial charge on any atom is 0.238 e. The van der Waals surface area contributed by atoms with Crippen LogP contribution in [0.25, 0.3) is 0 Å². The summed E-state index contributed by atoms with van der Waals surface area (Å²) in [5.74, 6) is 1.13. The molecule has 1 aromatic carbocycles. The third-order valence-corrected chi connectivity index (χ3v) is 4.18. The average molecular weight is 259 g/mol. The van der Waals surface area contributed by atoms with Gasteiger partial charge >= 0.3 is 0 Å². The number of methoxy groups -OCH3 is 1. The molecule has 0 aliphatic carbocycles. The standard InChI is InChI=1S/C16H21NO2/c1-6-9-16(11(2)3)13-10-12(19-5)7-8-14(13)17(4)15(16)18/h6-8,10-11H,1,9H2,2-5H3/t16-/m1/s1. The van der Waals surface area contributed by atoms with Crippen molar-refractivity contribution in [3.63, 3.8) is 0 Å². The Morgan fingerprint density at radius 1 is 1.47 bits per heavy atom. The molecule has 0 N–H and O–H groups in total. The molecule has 0 bridgehead atoms. The highest BCUT2D eigenvalue weighted by molar-refractivity contribution is 6.08. The van der Waals surface area contributed by atoms with Gasteiger partial charge in [0.1, 0.15) is 5.75 Å². The Morgan fingerprint density at radius 3 is 2.68 bits per heavy atom. The lowest BCUT2D eigenvalue weighted by Crippen LogP contribution is -2.42. The number of benzene rings is 1. The fraction of sp³-hybridized carbons (Fsp3) is 0.438. The topological polar surface area (TPSA) is 29.5 Å². The number of amides is 1. The quantitative estimate of drug-likeness (QED) is 0.777. The SMILES string of the molecule is C=CC[C@]1(C(C)C)C(=O)N(C)c2ccc(OC)cc21. The molecule has 0 fully saturated rings. The van der Waals surface area contributed by atoms with Crippen molar-refractivity contribution < 1.29 is 9.53 Å². The van der Waals surface area contributed by atoms with Gasteiger partial charge in [0, 0.05) is 12.7 Å². The van der Waals surface area contributed by atoms with Gasteiger partial charge in [-0.3, -0.25) is 4.79 Å². The summed E-state index contributed by atoms with van der Waals surface area (Å²) < 4.78 is 5.31. The van der Waals surface area contributed by atoms with Crippen LogP contribution >= 0.6 is 0 Å². The fourth-order valence-electron chi connectivity index (χ4n) is 3.03. The molecular weight excluding hydrogens is 238 g/mol. The number of allylic oxidation sites excluding steroid dienone is 1. The van der Waals surface area contributed by atoms with Crippen molar-refractivity contribution in [2.45, 2.75) is 25.7 Å². The molecule has 1 amide bonds. The van der Waals surface area contributed by atoms with Crippen molar-refractivity contribution in [2.75, 3.05) is 19.1 Å². The first-order valence-electron chi connectivity index (χ1n) is 6.56. The predicted molar refractivity (Wildman–Crippen MR) is 77.7 cm³/mol. The molecule has 1 heterocycles. The van der Waals surface area contributed by atoms with Gasteiger partial charge in [0.25, 0.3) is 0 Å². The second-order valence-electron chi connectivity index (χ2n) is 5.37. The normalized spacial score (nSPS) is 21.7. The highest BCUT2D eigenvalue weighted by Crippen LogP contribution is 2.49. The van der Waals surface area contributed by atoms with Crippen LogP contribution in [0, 0.1) is 5.92 Å². The Hall–Kier alpha value is -1.77. The van der Waals surface area contributed by atoms with Crippen LogP contribution in [-0.2, 0) is 10.2 Å². The molecule has 3 nitrogen and oxygen atoms in total. The molecule has 2 rings (SSSR count). The van der Waals surface area contributed by atoms with Gasteiger partial charge in [-0.05, 0) is 36.1 Å². The van der Waals surface area contributed by atoms with Crippen molar-refractivity contribution in [3.8, 4) is 5.75 Å². The fourth-order valence-corrected chi connectivity index (χ4v) is 3.03. The minimum absolute atomic E-state index is 0.144.